The molecule has 0 fully saturated rings. The first-order valence-electron chi connectivity index (χ1n) is 6.56. The van der Waals surface area contributed by atoms with Crippen molar-refractivity contribution in [1.29, 1.82) is 0 Å². The number of ether oxygens (including phenoxy) is 1. The van der Waals surface area contributed by atoms with Crippen molar-refractivity contribution in [3.05, 3.63) is 76.8 Å². The van der Waals surface area contributed by atoms with Gasteiger partial charge in [0.15, 0.2) is 0 Å². The van der Waals surface area contributed by atoms with E-state index in [1.165, 1.54) is 5.56 Å². The van der Waals surface area contributed by atoms with Gasteiger partial charge in [-0.2, -0.15) is 0 Å². The normalized spacial score (nSPS) is 9.76. The minimum absolute atomic E-state index is 0. The molecule has 2 rings (SSSR count). The molecule has 0 aliphatic rings. The van der Waals surface area contributed by atoms with Crippen LogP contribution in [0.2, 0.25) is 0 Å². The maximum Gasteiger partial charge on any atom is 0.134 e. The summed E-state index contributed by atoms with van der Waals surface area (Å²) in [7, 11) is 0. The molecule has 0 aliphatic heterocycles. The highest BCUT2D eigenvalue weighted by molar-refractivity contribution is 9.10. The minimum Gasteiger partial charge on any atom is -0.488 e. The predicted octanol–water partition coefficient (Wildman–Crippen LogP) is 4.73. The zero-order valence-corrected chi connectivity index (χ0v) is 14.1. The van der Waals surface area contributed by atoms with Gasteiger partial charge in [0.05, 0.1) is 4.47 Å². The molecule has 1 N–H and O–H groups in total. The van der Waals surface area contributed by atoms with Crippen molar-refractivity contribution in [2.75, 3.05) is 6.54 Å². The van der Waals surface area contributed by atoms with Crippen LogP contribution in [-0.2, 0) is 13.2 Å². The second kappa shape index (κ2) is 9.61. The summed E-state index contributed by atoms with van der Waals surface area (Å²) in [5.74, 6) is 0.862. The second-order valence-electron chi connectivity index (χ2n) is 4.46. The van der Waals surface area contributed by atoms with E-state index in [0.717, 1.165) is 28.9 Å². The Morgan fingerprint density at radius 3 is 2.52 bits per heavy atom. The standard InChI is InChI=1S/C17H18BrNO.ClH/c1-2-10-19-12-15-8-9-17(16(18)11-15)20-13-14-6-4-3-5-7-14;/h2-9,11,19H,1,10,12-13H2;1H. The van der Waals surface area contributed by atoms with E-state index >= 15 is 0 Å². The summed E-state index contributed by atoms with van der Waals surface area (Å²) in [5, 5.41) is 3.28. The topological polar surface area (TPSA) is 21.3 Å². The van der Waals surface area contributed by atoms with Crippen molar-refractivity contribution in [2.24, 2.45) is 0 Å². The van der Waals surface area contributed by atoms with E-state index in [9.17, 15) is 0 Å². The molecule has 0 bridgehead atoms. The van der Waals surface area contributed by atoms with Crippen molar-refractivity contribution in [3.63, 3.8) is 0 Å². The monoisotopic (exact) mass is 367 g/mol. The predicted molar refractivity (Wildman–Crippen MR) is 94.1 cm³/mol. The van der Waals surface area contributed by atoms with Crippen LogP contribution in [0.25, 0.3) is 0 Å². The summed E-state index contributed by atoms with van der Waals surface area (Å²) >= 11 is 3.56. The summed E-state index contributed by atoms with van der Waals surface area (Å²) in [6.07, 6.45) is 1.85. The number of hydrogen-bond acceptors (Lipinski definition) is 2. The van der Waals surface area contributed by atoms with Crippen LogP contribution in [0.15, 0.2) is 65.7 Å². The highest BCUT2D eigenvalue weighted by Crippen LogP contribution is 2.26. The van der Waals surface area contributed by atoms with E-state index in [2.05, 4.69) is 52.1 Å². The summed E-state index contributed by atoms with van der Waals surface area (Å²) in [6, 6.07) is 16.3. The molecular weight excluding hydrogens is 350 g/mol. The van der Waals surface area contributed by atoms with Gasteiger partial charge in [0.1, 0.15) is 12.4 Å². The molecule has 0 spiro atoms. The van der Waals surface area contributed by atoms with Gasteiger partial charge in [0.2, 0.25) is 0 Å². The number of halogens is 2. The van der Waals surface area contributed by atoms with Gasteiger partial charge in [-0.15, -0.1) is 19.0 Å². The van der Waals surface area contributed by atoms with Gasteiger partial charge in [-0.1, -0.05) is 42.5 Å². The molecule has 2 aromatic rings. The summed E-state index contributed by atoms with van der Waals surface area (Å²) in [6.45, 7) is 5.89. The molecule has 112 valence electrons. The molecule has 21 heavy (non-hydrogen) atoms. The molecule has 0 saturated heterocycles. The number of nitrogens with one attached hydrogen (secondary N) is 1. The number of hydrogen-bond donors (Lipinski definition) is 1. The first-order chi connectivity index (χ1) is 9.79. The first-order valence-corrected chi connectivity index (χ1v) is 7.35. The Hall–Kier alpha value is -1.29. The number of rotatable bonds is 7. The Bertz CT molecular complexity index is 560. The Balaban J connectivity index is 0.00000220. The second-order valence-corrected chi connectivity index (χ2v) is 5.31. The summed E-state index contributed by atoms with van der Waals surface area (Å²) < 4.78 is 6.80. The number of benzene rings is 2. The van der Waals surface area contributed by atoms with Crippen molar-refractivity contribution in [3.8, 4) is 5.75 Å². The molecule has 0 unspecified atom stereocenters. The molecule has 0 aromatic heterocycles. The summed E-state index contributed by atoms with van der Waals surface area (Å²) in [4.78, 5) is 0. The van der Waals surface area contributed by atoms with Crippen molar-refractivity contribution >= 4 is 28.3 Å². The fraction of sp³-hybridized carbons (Fsp3) is 0.176. The molecule has 2 aromatic carbocycles. The van der Waals surface area contributed by atoms with Crippen LogP contribution in [0.5, 0.6) is 5.75 Å². The zero-order chi connectivity index (χ0) is 14.2. The first kappa shape index (κ1) is 17.8. The minimum atomic E-state index is 0. The third-order valence-electron chi connectivity index (χ3n) is 2.85. The van der Waals surface area contributed by atoms with Crippen LogP contribution in [0, 0.1) is 0 Å². The quantitative estimate of drug-likeness (QED) is 0.564. The lowest BCUT2D eigenvalue weighted by molar-refractivity contribution is 0.304. The van der Waals surface area contributed by atoms with Gasteiger partial charge in [-0.3, -0.25) is 0 Å². The Morgan fingerprint density at radius 2 is 1.86 bits per heavy atom. The van der Waals surface area contributed by atoms with Crippen molar-refractivity contribution < 1.29 is 4.74 Å². The van der Waals surface area contributed by atoms with E-state index in [1.54, 1.807) is 0 Å². The Labute approximate surface area is 140 Å². The molecule has 0 radical (unpaired) electrons. The van der Waals surface area contributed by atoms with E-state index < -0.39 is 0 Å². The van der Waals surface area contributed by atoms with Gasteiger partial charge in [0.25, 0.3) is 0 Å². The third kappa shape index (κ3) is 5.92. The van der Waals surface area contributed by atoms with Gasteiger partial charge >= 0.3 is 0 Å². The van der Waals surface area contributed by atoms with Gasteiger partial charge in [-0.05, 0) is 39.2 Å². The fourth-order valence-corrected chi connectivity index (χ4v) is 2.37. The van der Waals surface area contributed by atoms with Crippen LogP contribution >= 0.6 is 28.3 Å². The molecule has 0 atom stereocenters. The molecular formula is C17H19BrClNO. The fourth-order valence-electron chi connectivity index (χ4n) is 1.83. The summed E-state index contributed by atoms with van der Waals surface area (Å²) in [5.41, 5.74) is 2.38. The average Bonchev–Trinajstić information content (AvgIpc) is 2.48. The van der Waals surface area contributed by atoms with Crippen LogP contribution in [-0.4, -0.2) is 6.54 Å². The average molecular weight is 369 g/mol. The Kier molecular flexibility index (Phi) is 8.13. The van der Waals surface area contributed by atoms with E-state index in [1.807, 2.05) is 30.3 Å². The third-order valence-corrected chi connectivity index (χ3v) is 3.47. The molecule has 0 saturated carbocycles. The van der Waals surface area contributed by atoms with Crippen LogP contribution in [0.4, 0.5) is 0 Å². The maximum absolute atomic E-state index is 5.82. The SMILES string of the molecule is C=CCNCc1ccc(OCc2ccccc2)c(Br)c1.Cl. The molecule has 0 amide bonds. The molecule has 0 aliphatic carbocycles. The zero-order valence-electron chi connectivity index (χ0n) is 11.7. The van der Waals surface area contributed by atoms with Crippen molar-refractivity contribution in [2.45, 2.75) is 13.2 Å². The lowest BCUT2D eigenvalue weighted by Gasteiger charge is -2.10. The van der Waals surface area contributed by atoms with Crippen LogP contribution in [0.3, 0.4) is 0 Å². The molecule has 0 heterocycles. The molecule has 2 nitrogen and oxygen atoms in total. The van der Waals surface area contributed by atoms with Gasteiger partial charge < -0.3 is 10.1 Å². The van der Waals surface area contributed by atoms with Crippen LogP contribution in [0.1, 0.15) is 11.1 Å². The maximum atomic E-state index is 5.82. The highest BCUT2D eigenvalue weighted by Gasteiger charge is 2.03. The lowest BCUT2D eigenvalue weighted by atomic mass is 10.2. The van der Waals surface area contributed by atoms with Crippen LogP contribution < -0.4 is 10.1 Å². The van der Waals surface area contributed by atoms with E-state index in [0.29, 0.717) is 6.61 Å². The van der Waals surface area contributed by atoms with E-state index in [4.69, 9.17) is 4.74 Å². The van der Waals surface area contributed by atoms with E-state index in [-0.39, 0.29) is 12.4 Å². The highest BCUT2D eigenvalue weighted by atomic mass is 79.9. The van der Waals surface area contributed by atoms with Gasteiger partial charge in [0, 0.05) is 13.1 Å². The Morgan fingerprint density at radius 1 is 1.10 bits per heavy atom. The smallest absolute Gasteiger partial charge is 0.134 e. The molecule has 4 heteroatoms. The lowest BCUT2D eigenvalue weighted by Crippen LogP contribution is -2.12. The van der Waals surface area contributed by atoms with Crippen molar-refractivity contribution in [1.82, 2.24) is 5.32 Å². The van der Waals surface area contributed by atoms with Gasteiger partial charge in [-0.25, -0.2) is 0 Å². The largest absolute Gasteiger partial charge is 0.488 e.